The maximum Gasteiger partial charge on any atom is 0.244 e. The molecule has 1 amide bonds. The number of hydrogen-bond acceptors (Lipinski definition) is 5. The van der Waals surface area contributed by atoms with E-state index >= 15 is 0 Å². The first kappa shape index (κ1) is 17.1. The highest BCUT2D eigenvalue weighted by atomic mass is 32.1. The van der Waals surface area contributed by atoms with Gasteiger partial charge in [-0.2, -0.15) is 0 Å². The third-order valence-corrected chi connectivity index (χ3v) is 4.48. The van der Waals surface area contributed by atoms with E-state index < -0.39 is 0 Å². The Hall–Kier alpha value is -1.24. The Morgan fingerprint density at radius 3 is 2.82 bits per heavy atom. The third kappa shape index (κ3) is 5.19. The summed E-state index contributed by atoms with van der Waals surface area (Å²) < 4.78 is 5.74. The first-order valence-electron chi connectivity index (χ1n) is 7.71. The van der Waals surface area contributed by atoms with Crippen LogP contribution in [0.25, 0.3) is 6.08 Å². The monoisotopic (exact) mass is 323 g/mol. The molecule has 2 rings (SSSR count). The Balaban J connectivity index is 1.76. The van der Waals surface area contributed by atoms with Gasteiger partial charge in [0.25, 0.3) is 0 Å². The quantitative estimate of drug-likeness (QED) is 0.843. The lowest BCUT2D eigenvalue weighted by atomic mass is 10.1. The second-order valence-corrected chi connectivity index (χ2v) is 6.99. The number of hydrogen-bond donors (Lipinski definition) is 1. The number of thiazole rings is 1. The van der Waals surface area contributed by atoms with E-state index in [1.807, 2.05) is 12.3 Å². The summed E-state index contributed by atoms with van der Waals surface area (Å²) in [5.74, 6) is -0.0770. The molecule has 1 aromatic heterocycles. The molecule has 0 saturated carbocycles. The van der Waals surface area contributed by atoms with Gasteiger partial charge in [0.15, 0.2) is 0 Å². The van der Waals surface area contributed by atoms with Crippen LogP contribution >= 0.6 is 11.3 Å². The number of nitrogens with zero attached hydrogens (tertiary/aromatic N) is 2. The van der Waals surface area contributed by atoms with Gasteiger partial charge in [0, 0.05) is 37.1 Å². The van der Waals surface area contributed by atoms with Crippen molar-refractivity contribution in [2.24, 2.45) is 0 Å². The van der Waals surface area contributed by atoms with Crippen LogP contribution < -0.4 is 5.32 Å². The standard InChI is InChI=1S/C16H25N3O2S/c1-11(19-8-12(2)21-13(3)9-19)7-17-16(20)6-5-15-10-22-14(4)18-15/h5-6,10-13H,7-9H2,1-4H3,(H,17,20)/b6-5-/t11-,12-,13-/m0/s1. The molecule has 1 N–H and O–H groups in total. The number of amides is 1. The fourth-order valence-electron chi connectivity index (χ4n) is 2.63. The molecular formula is C16H25N3O2S. The largest absolute Gasteiger partial charge is 0.373 e. The van der Waals surface area contributed by atoms with E-state index in [0.717, 1.165) is 23.8 Å². The van der Waals surface area contributed by atoms with E-state index in [1.165, 1.54) is 0 Å². The molecule has 122 valence electrons. The zero-order chi connectivity index (χ0) is 16.1. The molecule has 1 aromatic rings. The van der Waals surface area contributed by atoms with Gasteiger partial charge < -0.3 is 10.1 Å². The summed E-state index contributed by atoms with van der Waals surface area (Å²) in [6.45, 7) is 10.7. The van der Waals surface area contributed by atoms with Crippen LogP contribution in [0.4, 0.5) is 0 Å². The van der Waals surface area contributed by atoms with Crippen molar-refractivity contribution in [1.82, 2.24) is 15.2 Å². The van der Waals surface area contributed by atoms with Crippen LogP contribution in [-0.2, 0) is 9.53 Å². The highest BCUT2D eigenvalue weighted by Gasteiger charge is 2.25. The molecule has 22 heavy (non-hydrogen) atoms. The second-order valence-electron chi connectivity index (χ2n) is 5.93. The van der Waals surface area contributed by atoms with Crippen molar-refractivity contribution in [2.45, 2.75) is 45.9 Å². The molecule has 6 heteroatoms. The normalized spacial score (nSPS) is 24.5. The summed E-state index contributed by atoms with van der Waals surface area (Å²) in [4.78, 5) is 18.5. The van der Waals surface area contributed by atoms with Gasteiger partial charge in [-0.3, -0.25) is 9.69 Å². The molecular weight excluding hydrogens is 298 g/mol. The highest BCUT2D eigenvalue weighted by molar-refractivity contribution is 7.09. The molecule has 0 spiro atoms. The number of carbonyl (C=O) groups excluding carboxylic acids is 1. The second kappa shape index (κ2) is 7.85. The Kier molecular flexibility index (Phi) is 6.11. The molecule has 1 aliphatic rings. The Morgan fingerprint density at radius 2 is 2.23 bits per heavy atom. The number of aryl methyl sites for hydroxylation is 1. The van der Waals surface area contributed by atoms with Crippen molar-refractivity contribution in [3.05, 3.63) is 22.2 Å². The van der Waals surface area contributed by atoms with Crippen LogP contribution in [-0.4, -0.2) is 53.7 Å². The highest BCUT2D eigenvalue weighted by Crippen LogP contribution is 2.13. The van der Waals surface area contributed by atoms with Gasteiger partial charge in [0.05, 0.1) is 22.9 Å². The maximum absolute atomic E-state index is 11.9. The van der Waals surface area contributed by atoms with Crippen LogP contribution in [0, 0.1) is 6.92 Å². The molecule has 0 unspecified atom stereocenters. The Labute approximate surface area is 136 Å². The molecule has 2 heterocycles. The molecule has 0 aromatic carbocycles. The van der Waals surface area contributed by atoms with E-state index in [4.69, 9.17) is 4.74 Å². The number of ether oxygens (including phenoxy) is 1. The average molecular weight is 323 g/mol. The minimum Gasteiger partial charge on any atom is -0.373 e. The van der Waals surface area contributed by atoms with E-state index in [1.54, 1.807) is 23.5 Å². The van der Waals surface area contributed by atoms with Gasteiger partial charge in [-0.25, -0.2) is 4.98 Å². The van der Waals surface area contributed by atoms with Gasteiger partial charge >= 0.3 is 0 Å². The van der Waals surface area contributed by atoms with Crippen LogP contribution in [0.1, 0.15) is 31.5 Å². The van der Waals surface area contributed by atoms with Crippen molar-refractivity contribution < 1.29 is 9.53 Å². The molecule has 0 radical (unpaired) electrons. The third-order valence-electron chi connectivity index (χ3n) is 3.69. The van der Waals surface area contributed by atoms with Crippen molar-refractivity contribution in [3.63, 3.8) is 0 Å². The number of morpholine rings is 1. The predicted molar refractivity (Wildman–Crippen MR) is 89.9 cm³/mol. The van der Waals surface area contributed by atoms with Gasteiger partial charge in [-0.15, -0.1) is 11.3 Å². The van der Waals surface area contributed by atoms with Gasteiger partial charge in [0.1, 0.15) is 0 Å². The molecule has 0 aliphatic carbocycles. The van der Waals surface area contributed by atoms with E-state index in [9.17, 15) is 4.79 Å². The lowest BCUT2D eigenvalue weighted by Gasteiger charge is -2.38. The van der Waals surface area contributed by atoms with Gasteiger partial charge in [0.2, 0.25) is 5.91 Å². The smallest absolute Gasteiger partial charge is 0.244 e. The first-order chi connectivity index (χ1) is 10.4. The van der Waals surface area contributed by atoms with Crippen molar-refractivity contribution in [3.8, 4) is 0 Å². The van der Waals surface area contributed by atoms with E-state index in [0.29, 0.717) is 12.6 Å². The molecule has 5 nitrogen and oxygen atoms in total. The summed E-state index contributed by atoms with van der Waals surface area (Å²) in [6.07, 6.45) is 3.79. The van der Waals surface area contributed by atoms with Crippen molar-refractivity contribution in [2.75, 3.05) is 19.6 Å². The van der Waals surface area contributed by atoms with Crippen LogP contribution in [0.3, 0.4) is 0 Å². The van der Waals surface area contributed by atoms with Gasteiger partial charge in [-0.1, -0.05) is 0 Å². The molecule has 1 fully saturated rings. The summed E-state index contributed by atoms with van der Waals surface area (Å²) in [5, 5.41) is 5.90. The summed E-state index contributed by atoms with van der Waals surface area (Å²) in [5.41, 5.74) is 0.835. The van der Waals surface area contributed by atoms with Gasteiger partial charge in [-0.05, 0) is 33.8 Å². The summed E-state index contributed by atoms with van der Waals surface area (Å²) in [6, 6.07) is 0.299. The number of carbonyl (C=O) groups is 1. The summed E-state index contributed by atoms with van der Waals surface area (Å²) in [7, 11) is 0. The van der Waals surface area contributed by atoms with E-state index in [2.05, 4.69) is 36.0 Å². The number of rotatable bonds is 5. The summed E-state index contributed by atoms with van der Waals surface area (Å²) >= 11 is 1.58. The van der Waals surface area contributed by atoms with Crippen molar-refractivity contribution in [1.29, 1.82) is 0 Å². The molecule has 1 aliphatic heterocycles. The topological polar surface area (TPSA) is 54.5 Å². The zero-order valence-electron chi connectivity index (χ0n) is 13.7. The lowest BCUT2D eigenvalue weighted by Crippen LogP contribution is -2.52. The lowest BCUT2D eigenvalue weighted by molar-refractivity contribution is -0.117. The predicted octanol–water partition coefficient (Wildman–Crippen LogP) is 2.08. The molecule has 1 saturated heterocycles. The molecule has 0 bridgehead atoms. The molecule has 3 atom stereocenters. The minimum atomic E-state index is -0.0770. The number of nitrogens with one attached hydrogen (secondary N) is 1. The zero-order valence-corrected chi connectivity index (χ0v) is 14.5. The minimum absolute atomic E-state index is 0.0770. The fraction of sp³-hybridized carbons (Fsp3) is 0.625. The Morgan fingerprint density at radius 1 is 1.55 bits per heavy atom. The fourth-order valence-corrected chi connectivity index (χ4v) is 3.21. The maximum atomic E-state index is 11.9. The van der Waals surface area contributed by atoms with Crippen LogP contribution in [0.15, 0.2) is 11.5 Å². The van der Waals surface area contributed by atoms with E-state index in [-0.39, 0.29) is 18.1 Å². The Bertz CT molecular complexity index is 519. The SMILES string of the molecule is Cc1nc(/C=C\C(=O)NC[C@H](C)N2C[C@H](C)O[C@@H](C)C2)cs1. The van der Waals surface area contributed by atoms with Crippen LogP contribution in [0.2, 0.25) is 0 Å². The average Bonchev–Trinajstić information content (AvgIpc) is 2.87. The number of aromatic nitrogens is 1. The van der Waals surface area contributed by atoms with Crippen LogP contribution in [0.5, 0.6) is 0 Å². The van der Waals surface area contributed by atoms with Crippen molar-refractivity contribution >= 4 is 23.3 Å². The first-order valence-corrected chi connectivity index (χ1v) is 8.59.